The van der Waals surface area contributed by atoms with Gasteiger partial charge in [-0.25, -0.2) is 4.98 Å². The first-order chi connectivity index (χ1) is 7.70. The minimum Gasteiger partial charge on any atom is -0.391 e. The highest BCUT2D eigenvalue weighted by Gasteiger charge is 2.21. The molecule has 0 amide bonds. The van der Waals surface area contributed by atoms with Crippen LogP contribution in [0.5, 0.6) is 0 Å². The molecule has 16 heavy (non-hydrogen) atoms. The molecular formula is C11H19N3OS. The largest absolute Gasteiger partial charge is 0.391 e. The first-order valence-electron chi connectivity index (χ1n) is 5.71. The number of thiazole rings is 1. The van der Waals surface area contributed by atoms with Gasteiger partial charge in [-0.2, -0.15) is 0 Å². The monoisotopic (exact) mass is 241 g/mol. The summed E-state index contributed by atoms with van der Waals surface area (Å²) >= 11 is 1.60. The van der Waals surface area contributed by atoms with Crippen molar-refractivity contribution in [2.45, 2.75) is 26.0 Å². The second-order valence-corrected chi connectivity index (χ2v) is 5.52. The molecule has 1 unspecified atom stereocenters. The van der Waals surface area contributed by atoms with Gasteiger partial charge in [0.25, 0.3) is 0 Å². The van der Waals surface area contributed by atoms with Gasteiger partial charge < -0.3 is 14.9 Å². The summed E-state index contributed by atoms with van der Waals surface area (Å²) in [6.07, 6.45) is 2.95. The first-order valence-corrected chi connectivity index (χ1v) is 6.53. The number of aliphatic hydroxyl groups is 1. The summed E-state index contributed by atoms with van der Waals surface area (Å²) in [5.41, 5.74) is 0. The Bertz CT molecular complexity index is 342. The number of aromatic nitrogens is 1. The number of rotatable bonds is 2. The van der Waals surface area contributed by atoms with Gasteiger partial charge in [0.15, 0.2) is 5.13 Å². The minimum atomic E-state index is 0.0970. The minimum absolute atomic E-state index is 0.0970. The molecule has 2 rings (SSSR count). The number of hydrogen-bond acceptors (Lipinski definition) is 5. The van der Waals surface area contributed by atoms with E-state index in [2.05, 4.69) is 28.8 Å². The number of likely N-dealkylation sites (N-methyl/N-ethyl adjacent to an activating group) is 1. The summed E-state index contributed by atoms with van der Waals surface area (Å²) in [6.45, 7) is 5.62. The highest BCUT2D eigenvalue weighted by atomic mass is 32.1. The average Bonchev–Trinajstić information content (AvgIpc) is 2.65. The van der Waals surface area contributed by atoms with Gasteiger partial charge in [0, 0.05) is 25.3 Å². The molecule has 2 heterocycles. The van der Waals surface area contributed by atoms with Gasteiger partial charge in [-0.1, -0.05) is 11.3 Å². The SMILES string of the molecule is CC1CN(C)CCCN1c1ncc(CO)s1. The van der Waals surface area contributed by atoms with Crippen molar-refractivity contribution < 1.29 is 5.11 Å². The second-order valence-electron chi connectivity index (χ2n) is 4.43. The molecule has 0 saturated carbocycles. The molecule has 4 nitrogen and oxygen atoms in total. The van der Waals surface area contributed by atoms with Crippen molar-refractivity contribution in [1.29, 1.82) is 0 Å². The Morgan fingerprint density at radius 2 is 2.38 bits per heavy atom. The molecule has 1 fully saturated rings. The molecular weight excluding hydrogens is 222 g/mol. The van der Waals surface area contributed by atoms with Crippen molar-refractivity contribution >= 4 is 16.5 Å². The fourth-order valence-corrected chi connectivity index (χ4v) is 3.06. The third-order valence-corrected chi connectivity index (χ3v) is 4.01. The number of anilines is 1. The van der Waals surface area contributed by atoms with E-state index in [1.165, 1.54) is 6.42 Å². The van der Waals surface area contributed by atoms with Gasteiger partial charge in [-0.05, 0) is 26.9 Å². The van der Waals surface area contributed by atoms with E-state index in [-0.39, 0.29) is 6.61 Å². The zero-order valence-electron chi connectivity index (χ0n) is 9.89. The van der Waals surface area contributed by atoms with Crippen molar-refractivity contribution in [1.82, 2.24) is 9.88 Å². The van der Waals surface area contributed by atoms with Gasteiger partial charge in [0.1, 0.15) is 0 Å². The predicted molar refractivity (Wildman–Crippen MR) is 67.0 cm³/mol. The first kappa shape index (κ1) is 11.8. The number of hydrogen-bond donors (Lipinski definition) is 1. The summed E-state index contributed by atoms with van der Waals surface area (Å²) in [6, 6.07) is 0.491. The van der Waals surface area contributed by atoms with Gasteiger partial charge in [-0.3, -0.25) is 0 Å². The van der Waals surface area contributed by atoms with Crippen molar-refractivity contribution in [3.8, 4) is 0 Å². The molecule has 0 aromatic carbocycles. The molecule has 1 aliphatic heterocycles. The van der Waals surface area contributed by atoms with E-state index in [0.29, 0.717) is 6.04 Å². The molecule has 0 radical (unpaired) electrons. The number of nitrogens with zero attached hydrogens (tertiary/aromatic N) is 3. The molecule has 90 valence electrons. The van der Waals surface area contributed by atoms with Crippen molar-refractivity contribution in [2.24, 2.45) is 0 Å². The summed E-state index contributed by atoms with van der Waals surface area (Å²) < 4.78 is 0. The van der Waals surface area contributed by atoms with Crippen LogP contribution in [0.2, 0.25) is 0 Å². The Balaban J connectivity index is 2.12. The second kappa shape index (κ2) is 5.12. The molecule has 1 aromatic rings. The zero-order chi connectivity index (χ0) is 11.5. The summed E-state index contributed by atoms with van der Waals surface area (Å²) in [7, 11) is 2.17. The fraction of sp³-hybridized carbons (Fsp3) is 0.727. The van der Waals surface area contributed by atoms with Crippen LogP contribution in [0, 0.1) is 0 Å². The molecule has 1 N–H and O–H groups in total. The van der Waals surface area contributed by atoms with E-state index < -0.39 is 0 Å². The van der Waals surface area contributed by atoms with Gasteiger partial charge in [0.2, 0.25) is 0 Å². The molecule has 0 bridgehead atoms. The van der Waals surface area contributed by atoms with Crippen molar-refractivity contribution in [3.63, 3.8) is 0 Å². The molecule has 0 spiro atoms. The predicted octanol–water partition coefficient (Wildman–Crippen LogP) is 1.17. The average molecular weight is 241 g/mol. The van der Waals surface area contributed by atoms with E-state index in [1.807, 2.05) is 0 Å². The van der Waals surface area contributed by atoms with Crippen LogP contribution in [0.3, 0.4) is 0 Å². The quantitative estimate of drug-likeness (QED) is 0.843. The Morgan fingerprint density at radius 3 is 3.06 bits per heavy atom. The van der Waals surface area contributed by atoms with Crippen LogP contribution in [0.15, 0.2) is 6.20 Å². The normalized spacial score (nSPS) is 23.4. The highest BCUT2D eigenvalue weighted by molar-refractivity contribution is 7.15. The maximum atomic E-state index is 9.06. The van der Waals surface area contributed by atoms with Gasteiger partial charge >= 0.3 is 0 Å². The molecule has 1 aliphatic rings. The van der Waals surface area contributed by atoms with Crippen molar-refractivity contribution in [2.75, 3.05) is 31.6 Å². The van der Waals surface area contributed by atoms with Crippen LogP contribution in [-0.2, 0) is 6.61 Å². The smallest absolute Gasteiger partial charge is 0.185 e. The van der Waals surface area contributed by atoms with E-state index in [9.17, 15) is 0 Å². The van der Waals surface area contributed by atoms with Crippen molar-refractivity contribution in [3.05, 3.63) is 11.1 Å². The van der Waals surface area contributed by atoms with Crippen LogP contribution >= 0.6 is 11.3 Å². The standard InChI is InChI=1S/C11H19N3OS/c1-9-7-13(2)4-3-5-14(9)11-12-6-10(8-15)16-11/h6,9,15H,3-5,7-8H2,1-2H3. The van der Waals surface area contributed by atoms with E-state index in [1.54, 1.807) is 17.5 Å². The molecule has 0 aliphatic carbocycles. The van der Waals surface area contributed by atoms with E-state index in [4.69, 9.17) is 5.11 Å². The van der Waals surface area contributed by atoms with E-state index >= 15 is 0 Å². The molecule has 1 aromatic heterocycles. The number of aliphatic hydroxyl groups excluding tert-OH is 1. The third kappa shape index (κ3) is 2.53. The topological polar surface area (TPSA) is 39.6 Å². The highest BCUT2D eigenvalue weighted by Crippen LogP contribution is 2.25. The maximum Gasteiger partial charge on any atom is 0.185 e. The van der Waals surface area contributed by atoms with Crippen LogP contribution in [0.25, 0.3) is 0 Å². The zero-order valence-corrected chi connectivity index (χ0v) is 10.7. The summed E-state index contributed by atoms with van der Waals surface area (Å²) in [4.78, 5) is 10.1. The fourth-order valence-electron chi connectivity index (χ4n) is 2.16. The lowest BCUT2D eigenvalue weighted by Crippen LogP contribution is -2.37. The Kier molecular flexibility index (Phi) is 3.78. The molecule has 5 heteroatoms. The Labute approximate surface area is 101 Å². The maximum absolute atomic E-state index is 9.06. The van der Waals surface area contributed by atoms with Gasteiger partial charge in [-0.15, -0.1) is 0 Å². The lowest BCUT2D eigenvalue weighted by molar-refractivity contribution is 0.285. The molecule has 1 saturated heterocycles. The third-order valence-electron chi connectivity index (χ3n) is 2.99. The van der Waals surface area contributed by atoms with Crippen LogP contribution < -0.4 is 4.90 Å². The van der Waals surface area contributed by atoms with Crippen LogP contribution in [0.4, 0.5) is 5.13 Å². The van der Waals surface area contributed by atoms with E-state index in [0.717, 1.165) is 29.6 Å². The Hall–Kier alpha value is -0.650. The Morgan fingerprint density at radius 1 is 1.56 bits per heavy atom. The van der Waals surface area contributed by atoms with Gasteiger partial charge in [0.05, 0.1) is 11.5 Å². The lowest BCUT2D eigenvalue weighted by atomic mass is 10.3. The summed E-state index contributed by atoms with van der Waals surface area (Å²) in [5, 5.41) is 10.1. The lowest BCUT2D eigenvalue weighted by Gasteiger charge is -2.27. The molecule has 1 atom stereocenters. The van der Waals surface area contributed by atoms with Crippen LogP contribution in [-0.4, -0.2) is 47.7 Å². The van der Waals surface area contributed by atoms with Crippen LogP contribution in [0.1, 0.15) is 18.2 Å². The summed E-state index contributed by atoms with van der Waals surface area (Å²) in [5.74, 6) is 0.